The Morgan fingerprint density at radius 3 is 1.25 bits per heavy atom. The molecule has 0 unspecified atom stereocenters. The molecule has 4 heteroatoms. The van der Waals surface area contributed by atoms with Crippen molar-refractivity contribution in [1.82, 2.24) is 0 Å². The van der Waals surface area contributed by atoms with Crippen molar-refractivity contribution in [1.29, 1.82) is 0 Å². The third-order valence-electron chi connectivity index (χ3n) is 0. The van der Waals surface area contributed by atoms with Gasteiger partial charge in [0.1, 0.15) is 0 Å². The van der Waals surface area contributed by atoms with Crippen molar-refractivity contribution < 1.29 is 3.84 Å². The third-order valence-corrected chi connectivity index (χ3v) is 0. The smallest absolute Gasteiger partial charge is 0.0832 e. The van der Waals surface area contributed by atoms with Crippen LogP contribution in [-0.4, -0.2) is 25.8 Å². The van der Waals surface area contributed by atoms with E-state index in [0.29, 0.717) is 0 Å². The van der Waals surface area contributed by atoms with Gasteiger partial charge in [0, 0.05) is 25.8 Å². The molecule has 0 N–H and O–H groups in total. The van der Waals surface area contributed by atoms with E-state index < -0.39 is 0 Å². The number of rotatable bonds is 0. The monoisotopic (exact) mass is 201 g/mol. The SMILES string of the molecule is ClOCl.[In]. The van der Waals surface area contributed by atoms with Crippen LogP contribution < -0.4 is 0 Å². The van der Waals surface area contributed by atoms with Crippen LogP contribution in [0, 0.1) is 0 Å². The molecule has 0 spiro atoms. The molecule has 0 bridgehead atoms. The molecule has 0 atom stereocenters. The standard InChI is InChI=1S/Cl2O.In/c1-3-2;. The van der Waals surface area contributed by atoms with Crippen molar-refractivity contribution in [3.05, 3.63) is 0 Å². The van der Waals surface area contributed by atoms with Crippen LogP contribution in [0.3, 0.4) is 0 Å². The minimum Gasteiger partial charge on any atom is -0.166 e. The van der Waals surface area contributed by atoms with Gasteiger partial charge in [0.25, 0.3) is 0 Å². The Morgan fingerprint density at radius 1 is 1.25 bits per heavy atom. The third kappa shape index (κ3) is 9.96. The first-order chi connectivity index (χ1) is 1.41. The quantitative estimate of drug-likeness (QED) is 0.567. The minimum atomic E-state index is 0. The molecule has 4 heavy (non-hydrogen) atoms. The second-order valence-electron chi connectivity index (χ2n) is 0.0583. The Morgan fingerprint density at radius 2 is 1.25 bits per heavy atom. The van der Waals surface area contributed by atoms with E-state index in [1.165, 1.54) is 0 Å². The summed E-state index contributed by atoms with van der Waals surface area (Å²) in [6, 6.07) is 0. The Bertz CT molecular complexity index is 6.00. The molecule has 0 amide bonds. The van der Waals surface area contributed by atoms with E-state index in [4.69, 9.17) is 0 Å². The predicted molar refractivity (Wildman–Crippen MR) is 18.5 cm³/mol. The molecule has 0 aliphatic carbocycles. The molecule has 0 saturated carbocycles. The van der Waals surface area contributed by atoms with Crippen molar-refractivity contribution in [3.63, 3.8) is 0 Å². The van der Waals surface area contributed by atoms with Gasteiger partial charge in [-0.15, -0.1) is 0 Å². The first-order valence-electron chi connectivity index (χ1n) is 0.309. The van der Waals surface area contributed by atoms with Crippen LogP contribution in [0.15, 0.2) is 0 Å². The van der Waals surface area contributed by atoms with Crippen molar-refractivity contribution in [2.24, 2.45) is 0 Å². The molecule has 0 aromatic carbocycles. The Kier molecular flexibility index (Phi) is 20.0. The average molecular weight is 202 g/mol. The summed E-state index contributed by atoms with van der Waals surface area (Å²) in [7, 11) is 0. The molecule has 23 valence electrons. The summed E-state index contributed by atoms with van der Waals surface area (Å²) in [5.74, 6) is 0. The molecule has 0 aromatic heterocycles. The summed E-state index contributed by atoms with van der Waals surface area (Å²) in [5.41, 5.74) is 0. The summed E-state index contributed by atoms with van der Waals surface area (Å²) >= 11 is 8.53. The first kappa shape index (κ1) is 9.05. The summed E-state index contributed by atoms with van der Waals surface area (Å²) in [5, 5.41) is 0. The van der Waals surface area contributed by atoms with Crippen LogP contribution in [-0.2, 0) is 3.84 Å². The van der Waals surface area contributed by atoms with Crippen LogP contribution in [0.25, 0.3) is 0 Å². The fourth-order valence-corrected chi connectivity index (χ4v) is 0. The Labute approximate surface area is 53.3 Å². The molecular formula is Cl2InO. The van der Waals surface area contributed by atoms with E-state index in [9.17, 15) is 0 Å². The molecular weight excluding hydrogens is 202 g/mol. The van der Waals surface area contributed by atoms with E-state index in [2.05, 4.69) is 27.6 Å². The van der Waals surface area contributed by atoms with Gasteiger partial charge in [-0.05, 0) is 0 Å². The Balaban J connectivity index is 0. The van der Waals surface area contributed by atoms with E-state index in [-0.39, 0.29) is 25.8 Å². The maximum Gasteiger partial charge on any atom is 0.0832 e. The fourth-order valence-electron chi connectivity index (χ4n) is 0. The van der Waals surface area contributed by atoms with Gasteiger partial charge < -0.3 is 0 Å². The van der Waals surface area contributed by atoms with E-state index in [1.807, 2.05) is 0 Å². The summed E-state index contributed by atoms with van der Waals surface area (Å²) in [6.07, 6.45) is 0. The number of hydrogen-bond acceptors (Lipinski definition) is 1. The Hall–Kier alpha value is 1.41. The zero-order valence-corrected chi connectivity index (χ0v) is 6.55. The van der Waals surface area contributed by atoms with Gasteiger partial charge in [-0.1, -0.05) is 0 Å². The minimum absolute atomic E-state index is 0. The van der Waals surface area contributed by atoms with Gasteiger partial charge in [-0.3, -0.25) is 0 Å². The topological polar surface area (TPSA) is 9.23 Å². The number of halogens is 2. The summed E-state index contributed by atoms with van der Waals surface area (Å²) in [6.45, 7) is 0. The second kappa shape index (κ2) is 8.83. The van der Waals surface area contributed by atoms with Crippen LogP contribution in [0.5, 0.6) is 0 Å². The van der Waals surface area contributed by atoms with Crippen molar-refractivity contribution >= 4 is 49.6 Å². The van der Waals surface area contributed by atoms with E-state index in [1.54, 1.807) is 0 Å². The predicted octanol–water partition coefficient (Wildman–Crippen LogP) is 0.930. The average Bonchev–Trinajstić information content (AvgIpc) is 0.918. The summed E-state index contributed by atoms with van der Waals surface area (Å²) in [4.78, 5) is 0. The van der Waals surface area contributed by atoms with E-state index >= 15 is 0 Å². The summed E-state index contributed by atoms with van der Waals surface area (Å²) < 4.78 is 3.19. The second-order valence-corrected chi connectivity index (χ2v) is 0.525. The first-order valence-corrected chi connectivity index (χ1v) is 0.926. The largest absolute Gasteiger partial charge is 0.166 e. The molecule has 0 saturated heterocycles. The number of hydrogen-bond donors (Lipinski definition) is 0. The maximum atomic E-state index is 4.26. The van der Waals surface area contributed by atoms with E-state index in [0.717, 1.165) is 0 Å². The molecule has 1 nitrogen and oxygen atoms in total. The molecule has 0 rings (SSSR count). The molecule has 0 aromatic rings. The fraction of sp³-hybridized carbons (Fsp3) is 0. The molecule has 0 aliphatic rings. The van der Waals surface area contributed by atoms with Crippen molar-refractivity contribution in [3.8, 4) is 0 Å². The molecule has 0 fully saturated rings. The maximum absolute atomic E-state index is 4.26. The van der Waals surface area contributed by atoms with Crippen molar-refractivity contribution in [2.45, 2.75) is 0 Å². The van der Waals surface area contributed by atoms with Gasteiger partial charge in [0.2, 0.25) is 0 Å². The van der Waals surface area contributed by atoms with Crippen LogP contribution in [0.4, 0.5) is 0 Å². The zero-order chi connectivity index (χ0) is 2.71. The van der Waals surface area contributed by atoms with Gasteiger partial charge in [0.05, 0.1) is 23.7 Å². The zero-order valence-electron chi connectivity index (χ0n) is 1.74. The van der Waals surface area contributed by atoms with Gasteiger partial charge in [0.15, 0.2) is 0 Å². The molecule has 0 heterocycles. The van der Waals surface area contributed by atoms with Gasteiger partial charge in [-0.2, -0.15) is 3.84 Å². The normalized spacial score (nSPS) is 4.50. The van der Waals surface area contributed by atoms with Crippen LogP contribution in [0.2, 0.25) is 0 Å². The van der Waals surface area contributed by atoms with Crippen LogP contribution in [0.1, 0.15) is 0 Å². The molecule has 3 radical (unpaired) electrons. The van der Waals surface area contributed by atoms with Gasteiger partial charge >= 0.3 is 0 Å². The molecule has 0 aliphatic heterocycles. The van der Waals surface area contributed by atoms with Gasteiger partial charge in [-0.25, -0.2) is 0 Å². The van der Waals surface area contributed by atoms with Crippen molar-refractivity contribution in [2.75, 3.05) is 0 Å². The van der Waals surface area contributed by atoms with Crippen LogP contribution >= 0.6 is 23.7 Å².